The van der Waals surface area contributed by atoms with Crippen LogP contribution in [0.25, 0.3) is 11.3 Å². The highest BCUT2D eigenvalue weighted by Gasteiger charge is 2.37. The van der Waals surface area contributed by atoms with Crippen molar-refractivity contribution in [2.24, 2.45) is 18.9 Å². The zero-order valence-corrected chi connectivity index (χ0v) is 23.9. The summed E-state index contributed by atoms with van der Waals surface area (Å²) in [5.74, 6) is 1.78. The average Bonchev–Trinajstić information content (AvgIpc) is 3.62. The van der Waals surface area contributed by atoms with Crippen LogP contribution in [0.4, 0.5) is 17.1 Å². The molecule has 2 aliphatic heterocycles. The van der Waals surface area contributed by atoms with E-state index in [1.54, 1.807) is 10.9 Å². The van der Waals surface area contributed by atoms with E-state index in [0.29, 0.717) is 35.6 Å². The number of aromatic nitrogens is 3. The van der Waals surface area contributed by atoms with Crippen LogP contribution >= 0.6 is 0 Å². The minimum atomic E-state index is -0.340. The number of carbonyl (C=O) groups excluding carboxylic acids is 1. The molecule has 0 radical (unpaired) electrons. The fourth-order valence-electron chi connectivity index (χ4n) is 5.84. The highest BCUT2D eigenvalue weighted by atomic mass is 16.5. The van der Waals surface area contributed by atoms with Crippen molar-refractivity contribution in [3.63, 3.8) is 0 Å². The van der Waals surface area contributed by atoms with Crippen LogP contribution in [-0.4, -0.2) is 72.2 Å². The van der Waals surface area contributed by atoms with Gasteiger partial charge in [0.05, 0.1) is 35.4 Å². The molecule has 0 spiro atoms. The first-order valence-corrected chi connectivity index (χ1v) is 14.4. The molecular formula is C30H40N8O2. The standard InChI is InChI=1S/C30H40N8O2/c1-19-14-22-15-26(33-19)24-17-32-37(4)29(24)40-13-5-6-21(20-7-8-20)18-38-27-16-23(31-11-12-36(2)3)9-10-25(27)34-30(38)35-28(22)39/h9-10,14-17,20-21,30-31,34H,5-8,11-13,18H2,1-4H3,(H,35,39). The minimum Gasteiger partial charge on any atom is -0.477 e. The van der Waals surface area contributed by atoms with E-state index in [1.165, 1.54) is 12.8 Å². The Morgan fingerprint density at radius 3 is 2.77 bits per heavy atom. The predicted molar refractivity (Wildman–Crippen MR) is 158 cm³/mol. The van der Waals surface area contributed by atoms with Crippen molar-refractivity contribution < 1.29 is 9.53 Å². The van der Waals surface area contributed by atoms with E-state index in [-0.39, 0.29) is 12.2 Å². The summed E-state index contributed by atoms with van der Waals surface area (Å²) in [6.07, 6.45) is 5.99. The van der Waals surface area contributed by atoms with Gasteiger partial charge in [-0.1, -0.05) is 0 Å². The molecule has 3 aliphatic rings. The number of benzene rings is 1. The molecule has 1 amide bonds. The summed E-state index contributed by atoms with van der Waals surface area (Å²) in [5.41, 5.74) is 6.06. The van der Waals surface area contributed by atoms with E-state index in [4.69, 9.17) is 9.72 Å². The van der Waals surface area contributed by atoms with Gasteiger partial charge in [0.15, 0.2) is 6.29 Å². The number of aryl methyl sites for hydroxylation is 2. The quantitative estimate of drug-likeness (QED) is 0.445. The highest BCUT2D eigenvalue weighted by Crippen LogP contribution is 2.43. The number of carbonyl (C=O) groups is 1. The van der Waals surface area contributed by atoms with Gasteiger partial charge >= 0.3 is 0 Å². The molecule has 4 heterocycles. The van der Waals surface area contributed by atoms with Crippen LogP contribution in [0.15, 0.2) is 36.5 Å². The number of pyridine rings is 1. The Labute approximate surface area is 236 Å². The number of amides is 1. The molecule has 40 heavy (non-hydrogen) atoms. The lowest BCUT2D eigenvalue weighted by Gasteiger charge is -2.31. The lowest BCUT2D eigenvalue weighted by molar-refractivity contribution is 0.0940. The number of likely N-dealkylation sites (N-methyl/N-ethyl adjacent to an activating group) is 1. The molecule has 10 heteroatoms. The molecule has 2 unspecified atom stereocenters. The Kier molecular flexibility index (Phi) is 7.27. The molecule has 1 aliphatic carbocycles. The highest BCUT2D eigenvalue weighted by molar-refractivity contribution is 5.96. The van der Waals surface area contributed by atoms with Gasteiger partial charge in [0.1, 0.15) is 0 Å². The van der Waals surface area contributed by atoms with E-state index in [2.05, 4.69) is 63.1 Å². The van der Waals surface area contributed by atoms with Crippen LogP contribution in [0.2, 0.25) is 0 Å². The minimum absolute atomic E-state index is 0.143. The molecule has 1 aromatic carbocycles. The number of ether oxygens (including phenoxy) is 1. The summed E-state index contributed by atoms with van der Waals surface area (Å²) in [7, 11) is 6.04. The zero-order chi connectivity index (χ0) is 27.8. The van der Waals surface area contributed by atoms with E-state index in [0.717, 1.165) is 60.8 Å². The number of nitrogens with one attached hydrogen (secondary N) is 3. The zero-order valence-electron chi connectivity index (χ0n) is 23.9. The first-order valence-electron chi connectivity index (χ1n) is 14.4. The van der Waals surface area contributed by atoms with Gasteiger partial charge in [-0.15, -0.1) is 0 Å². The third-order valence-corrected chi connectivity index (χ3v) is 8.12. The van der Waals surface area contributed by atoms with E-state index in [1.807, 2.05) is 26.1 Å². The summed E-state index contributed by atoms with van der Waals surface area (Å²) in [5, 5.41) is 14.9. The molecule has 3 N–H and O–H groups in total. The third-order valence-electron chi connectivity index (χ3n) is 8.12. The number of hydrogen-bond acceptors (Lipinski definition) is 8. The maximum atomic E-state index is 13.7. The molecule has 212 valence electrons. The summed E-state index contributed by atoms with van der Waals surface area (Å²) in [6.45, 7) is 5.22. The molecule has 1 fully saturated rings. The van der Waals surface area contributed by atoms with Crippen molar-refractivity contribution in [3.05, 3.63) is 47.8 Å². The Bertz CT molecular complexity index is 1380. The molecule has 2 aromatic heterocycles. The Morgan fingerprint density at radius 2 is 1.98 bits per heavy atom. The second-order valence-electron chi connectivity index (χ2n) is 11.6. The van der Waals surface area contributed by atoms with Crippen molar-refractivity contribution in [3.8, 4) is 17.1 Å². The molecule has 0 saturated heterocycles. The lowest BCUT2D eigenvalue weighted by atomic mass is 9.97. The monoisotopic (exact) mass is 544 g/mol. The van der Waals surface area contributed by atoms with Crippen LogP contribution in [0.5, 0.6) is 5.88 Å². The summed E-state index contributed by atoms with van der Waals surface area (Å²) >= 11 is 0. The lowest BCUT2D eigenvalue weighted by Crippen LogP contribution is -2.51. The van der Waals surface area contributed by atoms with Crippen molar-refractivity contribution >= 4 is 23.0 Å². The second kappa shape index (κ2) is 11.0. The van der Waals surface area contributed by atoms with Crippen LogP contribution < -0.4 is 25.6 Å². The average molecular weight is 545 g/mol. The SMILES string of the molecule is Cc1cc2cc(n1)-c1cnn(C)c1OCCCC(C1CC1)CN1c3cc(NCCN(C)C)ccc3NC1NC2=O. The van der Waals surface area contributed by atoms with E-state index in [9.17, 15) is 4.79 Å². The predicted octanol–water partition coefficient (Wildman–Crippen LogP) is 3.91. The molecule has 2 atom stereocenters. The van der Waals surface area contributed by atoms with Gasteiger partial charge in [-0.3, -0.25) is 9.78 Å². The third kappa shape index (κ3) is 5.58. The van der Waals surface area contributed by atoms with Gasteiger partial charge in [0.25, 0.3) is 5.91 Å². The van der Waals surface area contributed by atoms with Crippen molar-refractivity contribution in [1.82, 2.24) is 25.0 Å². The van der Waals surface area contributed by atoms with E-state index >= 15 is 0 Å². The van der Waals surface area contributed by atoms with Crippen LogP contribution in [-0.2, 0) is 7.05 Å². The van der Waals surface area contributed by atoms with Gasteiger partial charge in [-0.05, 0) is 88.9 Å². The number of rotatable bonds is 5. The summed E-state index contributed by atoms with van der Waals surface area (Å²) in [4.78, 5) is 22.9. The smallest absolute Gasteiger partial charge is 0.254 e. The molecule has 6 rings (SSSR count). The fourth-order valence-corrected chi connectivity index (χ4v) is 5.84. The Balaban J connectivity index is 1.33. The van der Waals surface area contributed by atoms with E-state index < -0.39 is 0 Å². The number of fused-ring (bicyclic) bond motifs is 7. The summed E-state index contributed by atoms with van der Waals surface area (Å²) < 4.78 is 8.03. The maximum absolute atomic E-state index is 13.7. The van der Waals surface area contributed by atoms with Gasteiger partial charge in [-0.2, -0.15) is 5.10 Å². The number of hydrogen-bond donors (Lipinski definition) is 3. The Hall–Kier alpha value is -3.79. The number of nitrogens with zero attached hydrogens (tertiary/aromatic N) is 5. The van der Waals surface area contributed by atoms with Gasteiger partial charge in [0, 0.05) is 43.6 Å². The van der Waals surface area contributed by atoms with Crippen molar-refractivity contribution in [1.29, 1.82) is 0 Å². The first-order chi connectivity index (χ1) is 19.4. The van der Waals surface area contributed by atoms with Crippen molar-refractivity contribution in [2.45, 2.75) is 38.9 Å². The topological polar surface area (TPSA) is 99.6 Å². The maximum Gasteiger partial charge on any atom is 0.254 e. The van der Waals surface area contributed by atoms with Crippen LogP contribution in [0.3, 0.4) is 0 Å². The van der Waals surface area contributed by atoms with Crippen molar-refractivity contribution in [2.75, 3.05) is 55.9 Å². The normalized spacial score (nSPS) is 20.8. The van der Waals surface area contributed by atoms with Crippen LogP contribution in [0, 0.1) is 18.8 Å². The summed E-state index contributed by atoms with van der Waals surface area (Å²) in [6, 6.07) is 10.1. The second-order valence-corrected chi connectivity index (χ2v) is 11.6. The van der Waals surface area contributed by atoms with Crippen LogP contribution in [0.1, 0.15) is 41.7 Å². The van der Waals surface area contributed by atoms with Gasteiger partial charge in [-0.25, -0.2) is 4.68 Å². The largest absolute Gasteiger partial charge is 0.477 e. The first kappa shape index (κ1) is 26.4. The fraction of sp³-hybridized carbons (Fsp3) is 0.500. The molecule has 2 bridgehead atoms. The van der Waals surface area contributed by atoms with Gasteiger partial charge < -0.3 is 30.5 Å². The number of anilines is 3. The molecule has 1 saturated carbocycles. The molecule has 10 nitrogen and oxygen atoms in total. The Morgan fingerprint density at radius 1 is 1.12 bits per heavy atom. The molecule has 3 aromatic rings. The van der Waals surface area contributed by atoms with Gasteiger partial charge in [0.2, 0.25) is 5.88 Å². The molecular weight excluding hydrogens is 504 g/mol.